The van der Waals surface area contributed by atoms with E-state index >= 15 is 0 Å². The maximum Gasteiger partial charge on any atom is 0.250 e. The Morgan fingerprint density at radius 2 is 1.96 bits per heavy atom. The average molecular weight is 326 g/mol. The second kappa shape index (κ2) is 8.10. The van der Waals surface area contributed by atoms with Crippen LogP contribution in [-0.2, 0) is 4.79 Å². The molecule has 0 spiro atoms. The summed E-state index contributed by atoms with van der Waals surface area (Å²) < 4.78 is 5.23. The number of carbonyl (C=O) groups excluding carboxylic acids is 1. The van der Waals surface area contributed by atoms with Gasteiger partial charge in [0, 0.05) is 17.3 Å². The molecule has 0 aliphatic rings. The highest BCUT2D eigenvalue weighted by Crippen LogP contribution is 2.18. The molecule has 0 aliphatic carbocycles. The van der Waals surface area contributed by atoms with Crippen molar-refractivity contribution in [3.05, 3.63) is 65.7 Å². The van der Waals surface area contributed by atoms with Gasteiger partial charge >= 0.3 is 0 Å². The maximum absolute atomic E-state index is 11.9. The summed E-state index contributed by atoms with van der Waals surface area (Å²) in [6.45, 7) is 1.99. The van der Waals surface area contributed by atoms with Gasteiger partial charge in [-0.1, -0.05) is 30.3 Å². The van der Waals surface area contributed by atoms with Crippen LogP contribution in [0.4, 0.5) is 5.69 Å². The standard InChI is InChI=1S/C18H18N2O2S/c1-13-6-5-8-15(12-13)19-18(23)20-17(21)11-10-14-7-3-4-9-16(14)22-2/h3-12H,1-2H3,(H2,19,20,21,23). The van der Waals surface area contributed by atoms with Crippen molar-refractivity contribution < 1.29 is 9.53 Å². The van der Waals surface area contributed by atoms with E-state index < -0.39 is 0 Å². The van der Waals surface area contributed by atoms with Gasteiger partial charge in [-0.15, -0.1) is 0 Å². The van der Waals surface area contributed by atoms with Crippen LogP contribution in [0.1, 0.15) is 11.1 Å². The summed E-state index contributed by atoms with van der Waals surface area (Å²) in [7, 11) is 1.59. The molecule has 118 valence electrons. The van der Waals surface area contributed by atoms with Crippen molar-refractivity contribution in [3.8, 4) is 5.75 Å². The van der Waals surface area contributed by atoms with Gasteiger partial charge in [-0.2, -0.15) is 0 Å². The second-order valence-corrected chi connectivity index (χ2v) is 5.30. The van der Waals surface area contributed by atoms with Gasteiger partial charge in [0.2, 0.25) is 5.91 Å². The number of hydrogen-bond donors (Lipinski definition) is 2. The van der Waals surface area contributed by atoms with Crippen molar-refractivity contribution in [1.29, 1.82) is 0 Å². The molecule has 0 bridgehead atoms. The lowest BCUT2D eigenvalue weighted by molar-refractivity contribution is -0.115. The molecule has 2 aromatic rings. The fraction of sp³-hybridized carbons (Fsp3) is 0.111. The van der Waals surface area contributed by atoms with Gasteiger partial charge in [0.25, 0.3) is 0 Å². The van der Waals surface area contributed by atoms with E-state index in [4.69, 9.17) is 17.0 Å². The quantitative estimate of drug-likeness (QED) is 0.667. The molecule has 0 aliphatic heterocycles. The number of anilines is 1. The molecule has 5 heteroatoms. The van der Waals surface area contributed by atoms with Crippen molar-refractivity contribution in [2.45, 2.75) is 6.92 Å². The molecule has 0 aromatic heterocycles. The molecule has 0 fully saturated rings. The summed E-state index contributed by atoms with van der Waals surface area (Å²) in [5, 5.41) is 5.84. The van der Waals surface area contributed by atoms with Crippen LogP contribution in [0.15, 0.2) is 54.6 Å². The number of para-hydroxylation sites is 1. The first-order chi connectivity index (χ1) is 11.1. The predicted molar refractivity (Wildman–Crippen MR) is 97.6 cm³/mol. The molecule has 0 unspecified atom stereocenters. The number of rotatable bonds is 4. The third-order valence-electron chi connectivity index (χ3n) is 3.07. The van der Waals surface area contributed by atoms with Crippen molar-refractivity contribution in [2.24, 2.45) is 0 Å². The van der Waals surface area contributed by atoms with Crippen LogP contribution < -0.4 is 15.4 Å². The lowest BCUT2D eigenvalue weighted by atomic mass is 10.2. The zero-order chi connectivity index (χ0) is 16.7. The van der Waals surface area contributed by atoms with Crippen LogP contribution in [0.5, 0.6) is 5.75 Å². The van der Waals surface area contributed by atoms with Gasteiger partial charge in [0.05, 0.1) is 7.11 Å². The van der Waals surface area contributed by atoms with Gasteiger partial charge in [-0.05, 0) is 49.0 Å². The highest BCUT2D eigenvalue weighted by Gasteiger charge is 2.03. The van der Waals surface area contributed by atoms with Gasteiger partial charge in [0.1, 0.15) is 5.75 Å². The van der Waals surface area contributed by atoms with Crippen LogP contribution in [0.3, 0.4) is 0 Å². The minimum Gasteiger partial charge on any atom is -0.496 e. The van der Waals surface area contributed by atoms with Gasteiger partial charge in [0.15, 0.2) is 5.11 Å². The number of ether oxygens (including phenoxy) is 1. The molecule has 2 aromatic carbocycles. The van der Waals surface area contributed by atoms with Crippen LogP contribution in [0, 0.1) is 6.92 Å². The monoisotopic (exact) mass is 326 g/mol. The predicted octanol–water partition coefficient (Wildman–Crippen LogP) is 3.53. The summed E-state index contributed by atoms with van der Waals surface area (Å²) in [4.78, 5) is 11.9. The fourth-order valence-electron chi connectivity index (χ4n) is 2.01. The third-order valence-corrected chi connectivity index (χ3v) is 3.27. The topological polar surface area (TPSA) is 50.4 Å². The Hall–Kier alpha value is -2.66. The Morgan fingerprint density at radius 3 is 2.70 bits per heavy atom. The molecule has 0 radical (unpaired) electrons. The Bertz CT molecular complexity index is 741. The van der Waals surface area contributed by atoms with Crippen LogP contribution >= 0.6 is 12.2 Å². The summed E-state index contributed by atoms with van der Waals surface area (Å²) in [6, 6.07) is 15.2. The van der Waals surface area contributed by atoms with E-state index in [1.54, 1.807) is 13.2 Å². The summed E-state index contributed by atoms with van der Waals surface area (Å²) in [5.41, 5.74) is 2.77. The van der Waals surface area contributed by atoms with Crippen molar-refractivity contribution in [2.75, 3.05) is 12.4 Å². The molecule has 1 amide bonds. The number of nitrogens with one attached hydrogen (secondary N) is 2. The number of benzene rings is 2. The number of aryl methyl sites for hydroxylation is 1. The molecule has 23 heavy (non-hydrogen) atoms. The minimum absolute atomic E-state index is 0.255. The van der Waals surface area contributed by atoms with E-state index in [0.29, 0.717) is 5.75 Å². The van der Waals surface area contributed by atoms with Gasteiger partial charge in [-0.25, -0.2) is 0 Å². The summed E-state index contributed by atoms with van der Waals surface area (Å²) in [6.07, 6.45) is 3.10. The average Bonchev–Trinajstić information content (AvgIpc) is 2.53. The van der Waals surface area contributed by atoms with E-state index in [0.717, 1.165) is 16.8 Å². The van der Waals surface area contributed by atoms with E-state index in [-0.39, 0.29) is 11.0 Å². The highest BCUT2D eigenvalue weighted by molar-refractivity contribution is 7.80. The van der Waals surface area contributed by atoms with E-state index in [2.05, 4.69) is 10.6 Å². The Morgan fingerprint density at radius 1 is 1.17 bits per heavy atom. The van der Waals surface area contributed by atoms with Crippen LogP contribution in [0.2, 0.25) is 0 Å². The third kappa shape index (κ3) is 5.23. The number of thiocarbonyl (C=S) groups is 1. The molecule has 0 saturated heterocycles. The normalized spacial score (nSPS) is 10.3. The molecule has 4 nitrogen and oxygen atoms in total. The largest absolute Gasteiger partial charge is 0.496 e. The first kappa shape index (κ1) is 16.7. The SMILES string of the molecule is COc1ccccc1C=CC(=O)NC(=S)Nc1cccc(C)c1. The first-order valence-electron chi connectivity index (χ1n) is 7.08. The second-order valence-electron chi connectivity index (χ2n) is 4.89. The highest BCUT2D eigenvalue weighted by atomic mass is 32.1. The van der Waals surface area contributed by atoms with Gasteiger partial charge in [-0.3, -0.25) is 10.1 Å². The molecular weight excluding hydrogens is 308 g/mol. The van der Waals surface area contributed by atoms with Crippen molar-refractivity contribution in [3.63, 3.8) is 0 Å². The Balaban J connectivity index is 1.94. The molecular formula is C18H18N2O2S. The van der Waals surface area contributed by atoms with Crippen LogP contribution in [-0.4, -0.2) is 18.1 Å². The van der Waals surface area contributed by atoms with E-state index in [9.17, 15) is 4.79 Å². The fourth-order valence-corrected chi connectivity index (χ4v) is 2.23. The number of carbonyl (C=O) groups is 1. The minimum atomic E-state index is -0.305. The molecule has 0 heterocycles. The zero-order valence-corrected chi connectivity index (χ0v) is 13.8. The molecule has 2 rings (SSSR count). The van der Waals surface area contributed by atoms with Crippen molar-refractivity contribution in [1.82, 2.24) is 5.32 Å². The summed E-state index contributed by atoms with van der Waals surface area (Å²) >= 11 is 5.13. The smallest absolute Gasteiger partial charge is 0.250 e. The van der Waals surface area contributed by atoms with E-state index in [1.165, 1.54) is 6.08 Å². The molecule has 2 N–H and O–H groups in total. The van der Waals surface area contributed by atoms with E-state index in [1.807, 2.05) is 55.5 Å². The lowest BCUT2D eigenvalue weighted by Crippen LogP contribution is -2.32. The number of amides is 1. The zero-order valence-electron chi connectivity index (χ0n) is 13.0. The molecule has 0 saturated carbocycles. The van der Waals surface area contributed by atoms with Crippen molar-refractivity contribution >= 4 is 35.0 Å². The number of hydrogen-bond acceptors (Lipinski definition) is 3. The first-order valence-corrected chi connectivity index (χ1v) is 7.49. The lowest BCUT2D eigenvalue weighted by Gasteiger charge is -2.08. The Labute approximate surface area is 141 Å². The molecule has 0 atom stereocenters. The van der Waals surface area contributed by atoms with Crippen LogP contribution in [0.25, 0.3) is 6.08 Å². The van der Waals surface area contributed by atoms with Gasteiger partial charge < -0.3 is 10.1 Å². The maximum atomic E-state index is 11.9. The number of methoxy groups -OCH3 is 1. The summed E-state index contributed by atoms with van der Waals surface area (Å²) in [5.74, 6) is 0.401. The Kier molecular flexibility index (Phi) is 5.88.